The maximum Gasteiger partial charge on any atom is 0.244 e. The Bertz CT molecular complexity index is 494. The zero-order valence-electron chi connectivity index (χ0n) is 12.3. The first-order chi connectivity index (χ1) is 8.74. The van der Waals surface area contributed by atoms with Crippen LogP contribution in [0.2, 0.25) is 0 Å². The van der Waals surface area contributed by atoms with Crippen LogP contribution in [0, 0.1) is 12.8 Å². The zero-order chi connectivity index (χ0) is 14.6. The van der Waals surface area contributed by atoms with Crippen molar-refractivity contribution >= 4 is 10.0 Å². The lowest BCUT2D eigenvalue weighted by Gasteiger charge is -2.26. The molecule has 1 aromatic rings. The first kappa shape index (κ1) is 16.1. The molecule has 1 heterocycles. The van der Waals surface area contributed by atoms with Crippen molar-refractivity contribution in [3.8, 4) is 0 Å². The molecule has 0 aliphatic heterocycles. The quantitative estimate of drug-likeness (QED) is 0.784. The van der Waals surface area contributed by atoms with Gasteiger partial charge in [0.25, 0.3) is 0 Å². The van der Waals surface area contributed by atoms with Crippen molar-refractivity contribution in [2.24, 2.45) is 5.92 Å². The largest absolute Gasteiger partial charge is 0.305 e. The summed E-state index contributed by atoms with van der Waals surface area (Å²) in [4.78, 5) is 2.26. The highest BCUT2D eigenvalue weighted by Crippen LogP contribution is 2.13. The van der Waals surface area contributed by atoms with Crippen LogP contribution in [0.1, 0.15) is 26.0 Å². The van der Waals surface area contributed by atoms with Crippen molar-refractivity contribution in [1.82, 2.24) is 19.8 Å². The minimum atomic E-state index is -3.48. The van der Waals surface area contributed by atoms with Crippen LogP contribution in [0.4, 0.5) is 0 Å². The fourth-order valence-electron chi connectivity index (χ4n) is 1.92. The predicted molar refractivity (Wildman–Crippen MR) is 75.4 cm³/mol. The third kappa shape index (κ3) is 4.59. The average Bonchev–Trinajstić information content (AvgIpc) is 2.70. The Hall–Kier alpha value is -0.920. The molecule has 0 aromatic carbocycles. The molecule has 0 spiro atoms. The van der Waals surface area contributed by atoms with E-state index in [4.69, 9.17) is 0 Å². The smallest absolute Gasteiger partial charge is 0.244 e. The third-order valence-corrected chi connectivity index (χ3v) is 4.59. The molecule has 110 valence electrons. The van der Waals surface area contributed by atoms with Crippen molar-refractivity contribution in [1.29, 1.82) is 0 Å². The molecule has 0 aliphatic rings. The second-order valence-corrected chi connectivity index (χ2v) is 7.19. The van der Waals surface area contributed by atoms with Gasteiger partial charge in [0.2, 0.25) is 10.0 Å². The summed E-state index contributed by atoms with van der Waals surface area (Å²) in [5.74, 6) is 0.521. The van der Waals surface area contributed by atoms with Crippen molar-refractivity contribution in [2.45, 2.75) is 38.1 Å². The van der Waals surface area contributed by atoms with E-state index in [9.17, 15) is 8.42 Å². The minimum Gasteiger partial charge on any atom is -0.305 e. The van der Waals surface area contributed by atoms with Crippen LogP contribution >= 0.6 is 0 Å². The Morgan fingerprint density at radius 1 is 1.42 bits per heavy atom. The molecule has 1 aromatic heterocycles. The monoisotopic (exact) mass is 288 g/mol. The van der Waals surface area contributed by atoms with Gasteiger partial charge in [-0.3, -0.25) is 5.10 Å². The van der Waals surface area contributed by atoms with Crippen LogP contribution in [0.5, 0.6) is 0 Å². The number of aryl methyl sites for hydroxylation is 1. The topological polar surface area (TPSA) is 78.1 Å². The normalized spacial score (nSPS) is 14.3. The molecule has 1 rings (SSSR count). The Balaban J connectivity index is 2.71. The Morgan fingerprint density at radius 3 is 2.47 bits per heavy atom. The minimum absolute atomic E-state index is 0.182. The number of hydrogen-bond acceptors (Lipinski definition) is 4. The van der Waals surface area contributed by atoms with E-state index in [0.717, 1.165) is 6.42 Å². The Morgan fingerprint density at radius 2 is 2.05 bits per heavy atom. The van der Waals surface area contributed by atoms with Crippen LogP contribution in [-0.2, 0) is 10.0 Å². The Kier molecular flexibility index (Phi) is 5.51. The number of nitrogens with zero attached hydrogens (tertiary/aromatic N) is 2. The molecular weight excluding hydrogens is 264 g/mol. The lowest BCUT2D eigenvalue weighted by atomic mass is 10.0. The summed E-state index contributed by atoms with van der Waals surface area (Å²) in [6.07, 6.45) is 2.28. The van der Waals surface area contributed by atoms with E-state index in [1.165, 1.54) is 6.20 Å². The van der Waals surface area contributed by atoms with Gasteiger partial charge in [0.15, 0.2) is 0 Å². The van der Waals surface area contributed by atoms with Crippen LogP contribution in [0.15, 0.2) is 11.1 Å². The Labute approximate surface area is 115 Å². The molecule has 0 aliphatic carbocycles. The first-order valence-corrected chi connectivity index (χ1v) is 7.88. The molecule has 2 N–H and O–H groups in total. The predicted octanol–water partition coefficient (Wildman–Crippen LogP) is 0.973. The molecule has 0 fully saturated rings. The highest BCUT2D eigenvalue weighted by molar-refractivity contribution is 7.89. The van der Waals surface area contributed by atoms with E-state index >= 15 is 0 Å². The number of H-pyrrole nitrogens is 1. The number of sulfonamides is 1. The van der Waals surface area contributed by atoms with Gasteiger partial charge in [-0.15, -0.1) is 0 Å². The summed E-state index contributed by atoms with van der Waals surface area (Å²) in [5, 5.41) is 6.38. The van der Waals surface area contributed by atoms with Gasteiger partial charge in [0, 0.05) is 12.6 Å². The maximum atomic E-state index is 12.1. The molecule has 6 nitrogen and oxygen atoms in total. The lowest BCUT2D eigenvalue weighted by Crippen LogP contribution is -2.41. The van der Waals surface area contributed by atoms with Gasteiger partial charge >= 0.3 is 0 Å². The maximum absolute atomic E-state index is 12.1. The standard InChI is InChI=1S/C12H24N4O2S/c1-9(2)6-11(16(4)5)7-14-19(17,18)12-8-13-15-10(12)3/h8-9,11,14H,6-7H2,1-5H3,(H,13,15). The van der Waals surface area contributed by atoms with Crippen molar-refractivity contribution < 1.29 is 8.42 Å². The number of aromatic amines is 1. The van der Waals surface area contributed by atoms with Gasteiger partial charge in [-0.05, 0) is 33.4 Å². The fourth-order valence-corrected chi connectivity index (χ4v) is 3.12. The van der Waals surface area contributed by atoms with Gasteiger partial charge in [0.05, 0.1) is 11.9 Å². The van der Waals surface area contributed by atoms with E-state index in [1.54, 1.807) is 6.92 Å². The summed E-state index contributed by atoms with van der Waals surface area (Å²) >= 11 is 0. The molecule has 1 unspecified atom stereocenters. The number of nitrogens with one attached hydrogen (secondary N) is 2. The number of hydrogen-bond donors (Lipinski definition) is 2. The van der Waals surface area contributed by atoms with Crippen molar-refractivity contribution in [3.05, 3.63) is 11.9 Å². The molecule has 0 amide bonds. The molecule has 7 heteroatoms. The van der Waals surface area contributed by atoms with E-state index in [0.29, 0.717) is 18.2 Å². The summed E-state index contributed by atoms with van der Waals surface area (Å²) in [5.41, 5.74) is 0.553. The van der Waals surface area contributed by atoms with Crippen LogP contribution in [-0.4, -0.2) is 50.2 Å². The molecule has 0 saturated carbocycles. The molecular formula is C12H24N4O2S. The van der Waals surface area contributed by atoms with E-state index < -0.39 is 10.0 Å². The first-order valence-electron chi connectivity index (χ1n) is 6.40. The van der Waals surface area contributed by atoms with E-state index in [1.807, 2.05) is 19.0 Å². The van der Waals surface area contributed by atoms with Gasteiger partial charge < -0.3 is 4.90 Å². The second-order valence-electron chi connectivity index (χ2n) is 5.46. The van der Waals surface area contributed by atoms with Gasteiger partial charge in [0.1, 0.15) is 4.90 Å². The third-order valence-electron chi connectivity index (χ3n) is 3.06. The fraction of sp³-hybridized carbons (Fsp3) is 0.750. The van der Waals surface area contributed by atoms with Gasteiger partial charge in [-0.2, -0.15) is 5.10 Å². The summed E-state index contributed by atoms with van der Waals surface area (Å²) in [6.45, 7) is 6.35. The van der Waals surface area contributed by atoms with Crippen molar-refractivity contribution in [2.75, 3.05) is 20.6 Å². The average molecular weight is 288 g/mol. The summed E-state index contributed by atoms with van der Waals surface area (Å²) in [6, 6.07) is 0.182. The number of aromatic nitrogens is 2. The lowest BCUT2D eigenvalue weighted by molar-refractivity contribution is 0.255. The van der Waals surface area contributed by atoms with E-state index in [-0.39, 0.29) is 10.9 Å². The molecule has 1 atom stereocenters. The van der Waals surface area contributed by atoms with Crippen molar-refractivity contribution in [3.63, 3.8) is 0 Å². The van der Waals surface area contributed by atoms with Crippen LogP contribution < -0.4 is 4.72 Å². The SMILES string of the molecule is Cc1[nH]ncc1S(=O)(=O)NCC(CC(C)C)N(C)C. The second kappa shape index (κ2) is 6.49. The summed E-state index contributed by atoms with van der Waals surface area (Å²) in [7, 11) is 0.443. The zero-order valence-corrected chi connectivity index (χ0v) is 13.1. The van der Waals surface area contributed by atoms with Gasteiger partial charge in [-0.25, -0.2) is 13.1 Å². The molecule has 19 heavy (non-hydrogen) atoms. The molecule has 0 radical (unpaired) electrons. The highest BCUT2D eigenvalue weighted by Gasteiger charge is 2.21. The van der Waals surface area contributed by atoms with Gasteiger partial charge in [-0.1, -0.05) is 13.8 Å². The summed E-state index contributed by atoms with van der Waals surface area (Å²) < 4.78 is 26.9. The molecule has 0 bridgehead atoms. The molecule has 0 saturated heterocycles. The number of rotatable bonds is 7. The highest BCUT2D eigenvalue weighted by atomic mass is 32.2. The van der Waals surface area contributed by atoms with E-state index in [2.05, 4.69) is 28.8 Å². The number of likely N-dealkylation sites (N-methyl/N-ethyl adjacent to an activating group) is 1. The van der Waals surface area contributed by atoms with Crippen LogP contribution in [0.3, 0.4) is 0 Å². The van der Waals surface area contributed by atoms with Crippen LogP contribution in [0.25, 0.3) is 0 Å².